The van der Waals surface area contributed by atoms with Gasteiger partial charge in [-0.1, -0.05) is 78.9 Å². The molecule has 0 aliphatic rings. The molecule has 3 nitrogen and oxygen atoms in total. The summed E-state index contributed by atoms with van der Waals surface area (Å²) < 4.78 is 5.36. The zero-order valence-corrected chi connectivity index (χ0v) is 18.6. The molecule has 4 aromatic carbocycles. The van der Waals surface area contributed by atoms with Gasteiger partial charge in [-0.3, -0.25) is 0 Å². The first-order valence-electron chi connectivity index (χ1n) is 10.7. The van der Waals surface area contributed by atoms with Gasteiger partial charge in [0, 0.05) is 0 Å². The van der Waals surface area contributed by atoms with Crippen molar-refractivity contribution in [3.05, 3.63) is 131 Å². The third-order valence-electron chi connectivity index (χ3n) is 5.75. The van der Waals surface area contributed by atoms with Gasteiger partial charge in [0.15, 0.2) is 5.60 Å². The van der Waals surface area contributed by atoms with E-state index in [2.05, 4.69) is 0 Å². The molecule has 1 N–H and O–H groups in total. The van der Waals surface area contributed by atoms with E-state index in [0.717, 1.165) is 39.3 Å². The van der Waals surface area contributed by atoms with Crippen molar-refractivity contribution in [2.24, 2.45) is 4.99 Å². The fourth-order valence-electron chi connectivity index (χ4n) is 4.00. The largest absolute Gasteiger partial charge is 0.497 e. The molecule has 0 aromatic heterocycles. The van der Waals surface area contributed by atoms with Gasteiger partial charge in [-0.2, -0.15) is 0 Å². The van der Waals surface area contributed by atoms with Crippen LogP contribution in [0.15, 0.2) is 108 Å². The van der Waals surface area contributed by atoms with E-state index in [-0.39, 0.29) is 0 Å². The summed E-state index contributed by atoms with van der Waals surface area (Å²) in [5.41, 5.74) is 4.42. The maximum atomic E-state index is 12.5. The first kappa shape index (κ1) is 21.5. The van der Waals surface area contributed by atoms with Crippen molar-refractivity contribution in [1.82, 2.24) is 0 Å². The second-order valence-electron chi connectivity index (χ2n) is 7.87. The minimum Gasteiger partial charge on any atom is -0.497 e. The third kappa shape index (κ3) is 4.08. The van der Waals surface area contributed by atoms with E-state index < -0.39 is 5.60 Å². The number of hydrogen-bond acceptors (Lipinski definition) is 3. The van der Waals surface area contributed by atoms with E-state index in [1.165, 1.54) is 0 Å². The molecule has 0 bridgehead atoms. The number of aliphatic hydroxyl groups is 1. The molecule has 0 aliphatic heterocycles. The Morgan fingerprint density at radius 3 is 1.66 bits per heavy atom. The molecule has 0 radical (unpaired) electrons. The van der Waals surface area contributed by atoms with Gasteiger partial charge >= 0.3 is 0 Å². The number of methoxy groups -OCH3 is 1. The van der Waals surface area contributed by atoms with Crippen molar-refractivity contribution in [2.75, 3.05) is 7.11 Å². The molecule has 0 atom stereocenters. The van der Waals surface area contributed by atoms with Crippen LogP contribution in [-0.4, -0.2) is 17.9 Å². The Bertz CT molecular complexity index is 1150. The van der Waals surface area contributed by atoms with E-state index >= 15 is 0 Å². The number of benzene rings is 4. The molecule has 0 unspecified atom stereocenters. The minimum atomic E-state index is -1.45. The predicted octanol–water partition coefficient (Wildman–Crippen LogP) is 6.37. The van der Waals surface area contributed by atoms with Crippen molar-refractivity contribution in [2.45, 2.75) is 19.4 Å². The van der Waals surface area contributed by atoms with E-state index in [9.17, 15) is 5.11 Å². The van der Waals surface area contributed by atoms with Crippen LogP contribution in [0, 0.1) is 13.8 Å². The Balaban J connectivity index is 2.05. The van der Waals surface area contributed by atoms with Crippen LogP contribution in [0.4, 0.5) is 5.69 Å². The average Bonchev–Trinajstić information content (AvgIpc) is 2.85. The van der Waals surface area contributed by atoms with Crippen LogP contribution in [0.3, 0.4) is 0 Å². The van der Waals surface area contributed by atoms with Crippen LogP contribution in [0.5, 0.6) is 5.75 Å². The van der Waals surface area contributed by atoms with Crippen molar-refractivity contribution in [3.8, 4) is 5.75 Å². The highest BCUT2D eigenvalue weighted by Crippen LogP contribution is 2.37. The summed E-state index contributed by atoms with van der Waals surface area (Å²) in [7, 11) is 1.64. The summed E-state index contributed by atoms with van der Waals surface area (Å²) in [6.45, 7) is 4.09. The van der Waals surface area contributed by atoms with Crippen molar-refractivity contribution < 1.29 is 9.84 Å². The second kappa shape index (κ2) is 9.21. The monoisotopic (exact) mass is 421 g/mol. The lowest BCUT2D eigenvalue weighted by Crippen LogP contribution is -2.37. The smallest absolute Gasteiger partial charge is 0.157 e. The van der Waals surface area contributed by atoms with Crippen LogP contribution in [0.25, 0.3) is 0 Å². The Morgan fingerprint density at radius 2 is 1.19 bits per heavy atom. The number of nitrogens with zero attached hydrogens (tertiary/aromatic N) is 1. The molecule has 0 amide bonds. The van der Waals surface area contributed by atoms with Crippen molar-refractivity contribution in [1.29, 1.82) is 0 Å². The summed E-state index contributed by atoms with van der Waals surface area (Å²) in [6.07, 6.45) is 0. The van der Waals surface area contributed by atoms with Gasteiger partial charge in [0.1, 0.15) is 5.75 Å². The van der Waals surface area contributed by atoms with Gasteiger partial charge < -0.3 is 9.84 Å². The summed E-state index contributed by atoms with van der Waals surface area (Å²) in [5, 5.41) is 12.5. The lowest BCUT2D eigenvalue weighted by atomic mass is 9.79. The summed E-state index contributed by atoms with van der Waals surface area (Å²) >= 11 is 0. The van der Waals surface area contributed by atoms with Gasteiger partial charge in [0.05, 0.1) is 18.5 Å². The number of ether oxygens (including phenoxy) is 1. The van der Waals surface area contributed by atoms with E-state index in [4.69, 9.17) is 9.73 Å². The zero-order chi connectivity index (χ0) is 22.6. The fraction of sp³-hybridized carbons (Fsp3) is 0.138. The highest BCUT2D eigenvalue weighted by Gasteiger charge is 2.38. The highest BCUT2D eigenvalue weighted by atomic mass is 16.5. The van der Waals surface area contributed by atoms with Crippen LogP contribution >= 0.6 is 0 Å². The summed E-state index contributed by atoms with van der Waals surface area (Å²) in [6, 6.07) is 33.2. The summed E-state index contributed by atoms with van der Waals surface area (Å²) in [4.78, 5) is 5.13. The van der Waals surface area contributed by atoms with E-state index in [1.54, 1.807) is 7.11 Å². The van der Waals surface area contributed by atoms with Crippen molar-refractivity contribution >= 4 is 11.4 Å². The molecule has 4 aromatic rings. The Labute approximate surface area is 189 Å². The molecule has 160 valence electrons. The first-order valence-corrected chi connectivity index (χ1v) is 10.7. The van der Waals surface area contributed by atoms with Gasteiger partial charge in [-0.25, -0.2) is 4.99 Å². The Kier molecular flexibility index (Phi) is 6.20. The fourth-order valence-corrected chi connectivity index (χ4v) is 4.00. The minimum absolute atomic E-state index is 0.565. The third-order valence-corrected chi connectivity index (χ3v) is 5.75. The highest BCUT2D eigenvalue weighted by molar-refractivity contribution is 6.10. The van der Waals surface area contributed by atoms with Crippen LogP contribution in [0.2, 0.25) is 0 Å². The molecule has 0 saturated heterocycles. The molecular weight excluding hydrogens is 394 g/mol. The Morgan fingerprint density at radius 1 is 0.688 bits per heavy atom. The predicted molar refractivity (Wildman–Crippen MR) is 131 cm³/mol. The number of aryl methyl sites for hydroxylation is 2. The van der Waals surface area contributed by atoms with Crippen LogP contribution in [-0.2, 0) is 5.60 Å². The summed E-state index contributed by atoms with van der Waals surface area (Å²) in [5.74, 6) is 0.753. The molecule has 0 heterocycles. The molecule has 3 heteroatoms. The van der Waals surface area contributed by atoms with Crippen molar-refractivity contribution in [3.63, 3.8) is 0 Å². The topological polar surface area (TPSA) is 41.8 Å². The van der Waals surface area contributed by atoms with Crippen LogP contribution in [0.1, 0.15) is 27.8 Å². The number of hydrogen-bond donors (Lipinski definition) is 1. The standard InChI is InChI=1S/C29H27NO2/c1-21-11-10-12-22(2)27(21)30-28(23-17-19-26(32-3)20-18-23)29(31,24-13-6-4-7-14-24)25-15-8-5-9-16-25/h4-20,31H,1-3H3. The van der Waals surface area contributed by atoms with Gasteiger partial charge in [-0.15, -0.1) is 0 Å². The van der Waals surface area contributed by atoms with E-state index in [1.807, 2.05) is 117 Å². The lowest BCUT2D eigenvalue weighted by molar-refractivity contribution is 0.156. The average molecular weight is 422 g/mol. The molecule has 0 spiro atoms. The van der Waals surface area contributed by atoms with Crippen LogP contribution < -0.4 is 4.74 Å². The number of aliphatic imine (C=N–C) groups is 1. The molecule has 0 saturated carbocycles. The Hall–Kier alpha value is -3.69. The van der Waals surface area contributed by atoms with Gasteiger partial charge in [0.2, 0.25) is 0 Å². The number of para-hydroxylation sites is 1. The van der Waals surface area contributed by atoms with E-state index in [0.29, 0.717) is 5.71 Å². The SMILES string of the molecule is COc1ccc(C(=Nc2c(C)cccc2C)C(O)(c2ccccc2)c2ccccc2)cc1. The first-order chi connectivity index (χ1) is 15.5. The maximum absolute atomic E-state index is 12.5. The molecule has 32 heavy (non-hydrogen) atoms. The molecular formula is C29H27NO2. The second-order valence-corrected chi connectivity index (χ2v) is 7.87. The number of rotatable bonds is 6. The lowest BCUT2D eigenvalue weighted by Gasteiger charge is -2.32. The van der Waals surface area contributed by atoms with Gasteiger partial charge in [-0.05, 0) is 65.9 Å². The molecule has 0 aliphatic carbocycles. The molecule has 4 rings (SSSR count). The van der Waals surface area contributed by atoms with Gasteiger partial charge in [0.25, 0.3) is 0 Å². The maximum Gasteiger partial charge on any atom is 0.157 e. The quantitative estimate of drug-likeness (QED) is 0.368. The zero-order valence-electron chi connectivity index (χ0n) is 18.6. The normalized spacial score (nSPS) is 11.9. The molecule has 0 fully saturated rings.